The average molecular weight is 277 g/mol. The summed E-state index contributed by atoms with van der Waals surface area (Å²) < 4.78 is 0. The van der Waals surface area contributed by atoms with Crippen LogP contribution in [0.4, 0.5) is 0 Å². The summed E-state index contributed by atoms with van der Waals surface area (Å²) in [5, 5.41) is 9.32. The Balaban J connectivity index is 1.83. The maximum Gasteiger partial charge on any atom is 0.227 e. The summed E-state index contributed by atoms with van der Waals surface area (Å²) in [5.74, 6) is 0.162. The lowest BCUT2D eigenvalue weighted by atomic mass is 10.1. The zero-order chi connectivity index (χ0) is 14.4. The number of hydrogen-bond acceptors (Lipinski definition) is 4. The van der Waals surface area contributed by atoms with Gasteiger partial charge < -0.3 is 10.0 Å². The molecule has 1 aromatic rings. The van der Waals surface area contributed by atoms with Crippen LogP contribution >= 0.6 is 0 Å². The maximum atomic E-state index is 12.2. The summed E-state index contributed by atoms with van der Waals surface area (Å²) in [4.78, 5) is 20.4. The summed E-state index contributed by atoms with van der Waals surface area (Å²) in [6.45, 7) is 5.46. The van der Waals surface area contributed by atoms with E-state index in [-0.39, 0.29) is 18.6 Å². The number of pyridine rings is 1. The second-order valence-corrected chi connectivity index (χ2v) is 5.20. The molecule has 5 nitrogen and oxygen atoms in total. The first-order valence-electron chi connectivity index (χ1n) is 7.26. The highest BCUT2D eigenvalue weighted by Gasteiger charge is 2.24. The molecule has 1 aromatic heterocycles. The number of rotatable bonds is 5. The van der Waals surface area contributed by atoms with Gasteiger partial charge in [-0.3, -0.25) is 14.7 Å². The third-order valence-electron chi connectivity index (χ3n) is 3.94. The summed E-state index contributed by atoms with van der Waals surface area (Å²) in [6, 6.07) is 4.01. The van der Waals surface area contributed by atoms with Crippen LogP contribution < -0.4 is 0 Å². The van der Waals surface area contributed by atoms with Gasteiger partial charge in [0.2, 0.25) is 5.91 Å². The second-order valence-electron chi connectivity index (χ2n) is 5.20. The summed E-state index contributed by atoms with van der Waals surface area (Å²) in [5.41, 5.74) is 0.960. The second kappa shape index (κ2) is 7.36. The van der Waals surface area contributed by atoms with Crippen LogP contribution in [0, 0.1) is 0 Å². The van der Waals surface area contributed by atoms with Gasteiger partial charge in [-0.05, 0) is 18.1 Å². The Labute approximate surface area is 120 Å². The summed E-state index contributed by atoms with van der Waals surface area (Å²) in [7, 11) is 0. The van der Waals surface area contributed by atoms with E-state index in [1.165, 1.54) is 0 Å². The molecule has 0 radical (unpaired) electrons. The molecular weight excluding hydrogens is 254 g/mol. The predicted octanol–water partition coefficient (Wildman–Crippen LogP) is 0.539. The molecule has 1 N–H and O–H groups in total. The van der Waals surface area contributed by atoms with Crippen molar-refractivity contribution in [2.75, 3.05) is 32.8 Å². The largest absolute Gasteiger partial charge is 0.395 e. The fourth-order valence-corrected chi connectivity index (χ4v) is 2.63. The smallest absolute Gasteiger partial charge is 0.227 e. The van der Waals surface area contributed by atoms with Crippen LogP contribution in [0.25, 0.3) is 0 Å². The summed E-state index contributed by atoms with van der Waals surface area (Å²) in [6.07, 6.45) is 4.82. The Bertz CT molecular complexity index is 412. The van der Waals surface area contributed by atoms with Crippen molar-refractivity contribution in [3.8, 4) is 0 Å². The van der Waals surface area contributed by atoms with Gasteiger partial charge in [0.05, 0.1) is 13.0 Å². The van der Waals surface area contributed by atoms with Crippen LogP contribution in [-0.2, 0) is 11.2 Å². The Morgan fingerprint density at radius 3 is 2.70 bits per heavy atom. The topological polar surface area (TPSA) is 56.7 Å². The van der Waals surface area contributed by atoms with Gasteiger partial charge in [0, 0.05) is 44.6 Å². The third-order valence-corrected chi connectivity index (χ3v) is 3.94. The van der Waals surface area contributed by atoms with Gasteiger partial charge in [0.25, 0.3) is 0 Å². The lowest BCUT2D eigenvalue weighted by Crippen LogP contribution is -2.53. The maximum absolute atomic E-state index is 12.2. The molecule has 1 fully saturated rings. The first kappa shape index (κ1) is 14.9. The van der Waals surface area contributed by atoms with Crippen LogP contribution in [0.5, 0.6) is 0 Å². The summed E-state index contributed by atoms with van der Waals surface area (Å²) >= 11 is 0. The van der Waals surface area contributed by atoms with E-state index >= 15 is 0 Å². The number of piperazine rings is 1. The molecule has 1 atom stereocenters. The number of carbonyl (C=O) groups excluding carboxylic acids is 1. The number of aliphatic hydroxyl groups is 1. The van der Waals surface area contributed by atoms with Crippen molar-refractivity contribution >= 4 is 5.91 Å². The molecule has 2 heterocycles. The highest BCUT2D eigenvalue weighted by atomic mass is 16.3. The third kappa shape index (κ3) is 3.77. The molecule has 110 valence electrons. The monoisotopic (exact) mass is 277 g/mol. The van der Waals surface area contributed by atoms with E-state index in [2.05, 4.69) is 16.8 Å². The van der Waals surface area contributed by atoms with Crippen molar-refractivity contribution < 1.29 is 9.90 Å². The Hall–Kier alpha value is -1.46. The lowest BCUT2D eigenvalue weighted by Gasteiger charge is -2.38. The molecule has 5 heteroatoms. The van der Waals surface area contributed by atoms with E-state index in [1.807, 2.05) is 17.0 Å². The van der Waals surface area contributed by atoms with Crippen molar-refractivity contribution in [1.82, 2.24) is 14.8 Å². The van der Waals surface area contributed by atoms with E-state index in [1.54, 1.807) is 12.4 Å². The standard InChI is InChI=1S/C15H23N3O2/c1-2-14(12-19)17-6-8-18(9-7-17)15(20)10-13-4-3-5-16-11-13/h3-5,11,14,19H,2,6-10,12H2,1H3. The first-order valence-corrected chi connectivity index (χ1v) is 7.26. The number of aliphatic hydroxyl groups excluding tert-OH is 1. The number of nitrogens with zero attached hydrogens (tertiary/aromatic N) is 3. The van der Waals surface area contributed by atoms with Crippen molar-refractivity contribution in [2.24, 2.45) is 0 Å². The number of aromatic nitrogens is 1. The minimum Gasteiger partial charge on any atom is -0.395 e. The molecule has 0 bridgehead atoms. The molecule has 1 unspecified atom stereocenters. The van der Waals surface area contributed by atoms with Crippen molar-refractivity contribution in [1.29, 1.82) is 0 Å². The highest BCUT2D eigenvalue weighted by molar-refractivity contribution is 5.78. The fourth-order valence-electron chi connectivity index (χ4n) is 2.63. The van der Waals surface area contributed by atoms with E-state index in [4.69, 9.17) is 0 Å². The van der Waals surface area contributed by atoms with Crippen LogP contribution in [0.15, 0.2) is 24.5 Å². The van der Waals surface area contributed by atoms with Gasteiger partial charge in [0.15, 0.2) is 0 Å². The van der Waals surface area contributed by atoms with Crippen molar-refractivity contribution in [3.05, 3.63) is 30.1 Å². The Morgan fingerprint density at radius 1 is 1.40 bits per heavy atom. The van der Waals surface area contributed by atoms with Gasteiger partial charge >= 0.3 is 0 Å². The van der Waals surface area contributed by atoms with E-state index in [0.29, 0.717) is 6.42 Å². The van der Waals surface area contributed by atoms with Gasteiger partial charge in [-0.1, -0.05) is 13.0 Å². The molecule has 20 heavy (non-hydrogen) atoms. The lowest BCUT2D eigenvalue weighted by molar-refractivity contribution is -0.132. The highest BCUT2D eigenvalue weighted by Crippen LogP contribution is 2.10. The minimum atomic E-state index is 0.162. The Morgan fingerprint density at radius 2 is 2.15 bits per heavy atom. The van der Waals surface area contributed by atoms with Crippen LogP contribution in [0.2, 0.25) is 0 Å². The van der Waals surface area contributed by atoms with Crippen LogP contribution in [-0.4, -0.2) is 64.6 Å². The number of carbonyl (C=O) groups is 1. The average Bonchev–Trinajstić information content (AvgIpc) is 2.50. The molecular formula is C15H23N3O2. The molecule has 0 saturated carbocycles. The van der Waals surface area contributed by atoms with Crippen LogP contribution in [0.1, 0.15) is 18.9 Å². The van der Waals surface area contributed by atoms with E-state index < -0.39 is 0 Å². The quantitative estimate of drug-likeness (QED) is 0.853. The van der Waals surface area contributed by atoms with E-state index in [9.17, 15) is 9.90 Å². The minimum absolute atomic E-state index is 0.162. The molecule has 1 saturated heterocycles. The van der Waals surface area contributed by atoms with Gasteiger partial charge in [-0.2, -0.15) is 0 Å². The zero-order valence-electron chi connectivity index (χ0n) is 12.0. The number of hydrogen-bond donors (Lipinski definition) is 1. The van der Waals surface area contributed by atoms with Crippen molar-refractivity contribution in [3.63, 3.8) is 0 Å². The van der Waals surface area contributed by atoms with Gasteiger partial charge in [0.1, 0.15) is 0 Å². The molecule has 1 amide bonds. The first-order chi connectivity index (χ1) is 9.74. The molecule has 1 aliphatic rings. The molecule has 2 rings (SSSR count). The predicted molar refractivity (Wildman–Crippen MR) is 77.3 cm³/mol. The van der Waals surface area contributed by atoms with Crippen molar-refractivity contribution in [2.45, 2.75) is 25.8 Å². The van der Waals surface area contributed by atoms with Gasteiger partial charge in [-0.25, -0.2) is 0 Å². The fraction of sp³-hybridized carbons (Fsp3) is 0.600. The van der Waals surface area contributed by atoms with E-state index in [0.717, 1.165) is 38.2 Å². The molecule has 0 aliphatic carbocycles. The molecule has 0 spiro atoms. The normalized spacial score (nSPS) is 18.0. The molecule has 0 aromatic carbocycles. The van der Waals surface area contributed by atoms with Crippen LogP contribution in [0.3, 0.4) is 0 Å². The molecule has 1 aliphatic heterocycles. The number of amides is 1. The zero-order valence-corrected chi connectivity index (χ0v) is 12.0. The van der Waals surface area contributed by atoms with Gasteiger partial charge in [-0.15, -0.1) is 0 Å². The Kier molecular flexibility index (Phi) is 5.49. The SMILES string of the molecule is CCC(CO)N1CCN(C(=O)Cc2cccnc2)CC1.